The number of fused-ring (bicyclic) bond motifs is 1. The molecule has 2 aromatic rings. The summed E-state index contributed by atoms with van der Waals surface area (Å²) in [6, 6.07) is 9.88. The average molecular weight is 315 g/mol. The number of para-hydroxylation sites is 1. The third-order valence-electron chi connectivity index (χ3n) is 3.83. The lowest BCUT2D eigenvalue weighted by Crippen LogP contribution is -2.30. The molecule has 0 atom stereocenters. The molecular weight excluding hydrogens is 290 g/mol. The van der Waals surface area contributed by atoms with E-state index in [1.165, 1.54) is 0 Å². The maximum absolute atomic E-state index is 11.7. The normalized spacial score (nSPS) is 10.9. The second-order valence-electron chi connectivity index (χ2n) is 5.42. The van der Waals surface area contributed by atoms with E-state index >= 15 is 0 Å². The van der Waals surface area contributed by atoms with Gasteiger partial charge in [-0.25, -0.2) is 4.79 Å². The van der Waals surface area contributed by atoms with E-state index < -0.39 is 0 Å². The molecule has 23 heavy (non-hydrogen) atoms. The summed E-state index contributed by atoms with van der Waals surface area (Å²) in [5.41, 5.74) is 1.83. The molecule has 0 aliphatic carbocycles. The fourth-order valence-corrected chi connectivity index (χ4v) is 2.43. The van der Waals surface area contributed by atoms with Crippen LogP contribution in [0.15, 0.2) is 36.5 Å². The summed E-state index contributed by atoms with van der Waals surface area (Å²) in [6.07, 6.45) is 2.29. The van der Waals surface area contributed by atoms with Gasteiger partial charge in [0.15, 0.2) is 0 Å². The van der Waals surface area contributed by atoms with Crippen LogP contribution in [0.25, 0.3) is 10.9 Å². The van der Waals surface area contributed by atoms with Crippen molar-refractivity contribution in [3.63, 3.8) is 0 Å². The molecule has 0 radical (unpaired) electrons. The number of amides is 1. The van der Waals surface area contributed by atoms with E-state index in [0.717, 1.165) is 42.5 Å². The minimum absolute atomic E-state index is 0.236. The summed E-state index contributed by atoms with van der Waals surface area (Å²) in [7, 11) is 0. The Morgan fingerprint density at radius 2 is 2.04 bits per heavy atom. The molecule has 1 amide bonds. The maximum atomic E-state index is 11.7. The molecule has 5 nitrogen and oxygen atoms in total. The zero-order valence-electron chi connectivity index (χ0n) is 13.9. The van der Waals surface area contributed by atoms with Crippen molar-refractivity contribution in [3.05, 3.63) is 42.1 Å². The Labute approximate surface area is 137 Å². The number of hydrogen-bond acceptors (Lipinski definition) is 4. The Morgan fingerprint density at radius 3 is 2.83 bits per heavy atom. The fraction of sp³-hybridized carbons (Fsp3) is 0.444. The van der Waals surface area contributed by atoms with Gasteiger partial charge in [0.05, 0.1) is 5.52 Å². The smallest absolute Gasteiger partial charge is 0.407 e. The lowest BCUT2D eigenvalue weighted by molar-refractivity contribution is 0.139. The fourth-order valence-electron chi connectivity index (χ4n) is 2.43. The lowest BCUT2D eigenvalue weighted by atomic mass is 10.2. The van der Waals surface area contributed by atoms with Crippen molar-refractivity contribution in [1.29, 1.82) is 0 Å². The topological polar surface area (TPSA) is 54.5 Å². The van der Waals surface area contributed by atoms with Crippen molar-refractivity contribution in [3.8, 4) is 0 Å². The number of carbonyl (C=O) groups is 1. The van der Waals surface area contributed by atoms with E-state index in [0.29, 0.717) is 6.54 Å². The number of pyridine rings is 1. The van der Waals surface area contributed by atoms with Gasteiger partial charge in [0.1, 0.15) is 6.61 Å². The number of carbonyl (C=O) groups excluding carboxylic acids is 1. The first-order valence-corrected chi connectivity index (χ1v) is 8.19. The van der Waals surface area contributed by atoms with Gasteiger partial charge in [-0.15, -0.1) is 0 Å². The van der Waals surface area contributed by atoms with Crippen LogP contribution in [-0.2, 0) is 11.3 Å². The molecule has 1 aromatic heterocycles. The highest BCUT2D eigenvalue weighted by Gasteiger charge is 2.04. The highest BCUT2D eigenvalue weighted by atomic mass is 16.5. The number of ether oxygens (including phenoxy) is 1. The predicted molar refractivity (Wildman–Crippen MR) is 92.3 cm³/mol. The Bertz CT molecular complexity index is 626. The third kappa shape index (κ3) is 5.53. The van der Waals surface area contributed by atoms with Gasteiger partial charge in [-0.1, -0.05) is 32.0 Å². The second-order valence-corrected chi connectivity index (χ2v) is 5.42. The van der Waals surface area contributed by atoms with Gasteiger partial charge in [0.25, 0.3) is 0 Å². The van der Waals surface area contributed by atoms with Crippen LogP contribution in [0.5, 0.6) is 0 Å². The number of hydrogen-bond donors (Lipinski definition) is 1. The zero-order chi connectivity index (χ0) is 16.5. The first kappa shape index (κ1) is 17.2. The molecule has 1 heterocycles. The van der Waals surface area contributed by atoms with Gasteiger partial charge in [-0.2, -0.15) is 0 Å². The van der Waals surface area contributed by atoms with Crippen LogP contribution < -0.4 is 5.32 Å². The number of nitrogens with one attached hydrogen (secondary N) is 1. The molecule has 2 rings (SSSR count). The molecule has 1 aromatic carbocycles. The lowest BCUT2D eigenvalue weighted by Gasteiger charge is -2.17. The minimum atomic E-state index is -0.377. The van der Waals surface area contributed by atoms with Crippen LogP contribution in [0.4, 0.5) is 4.79 Å². The summed E-state index contributed by atoms with van der Waals surface area (Å²) in [4.78, 5) is 18.4. The summed E-state index contributed by atoms with van der Waals surface area (Å²) >= 11 is 0. The summed E-state index contributed by atoms with van der Waals surface area (Å²) in [5, 5.41) is 3.83. The van der Waals surface area contributed by atoms with Crippen LogP contribution in [0.2, 0.25) is 0 Å². The summed E-state index contributed by atoms with van der Waals surface area (Å²) in [6.45, 7) is 8.21. The standard InChI is InChI=1S/C18H25N3O2/c1-3-21(4-2)11-7-10-19-18(22)23-14-15-12-16-8-5-6-9-17(16)20-13-15/h5-6,8-9,12-13H,3-4,7,10-11,14H2,1-2H3,(H,19,22). The monoisotopic (exact) mass is 315 g/mol. The van der Waals surface area contributed by atoms with Gasteiger partial charge in [0, 0.05) is 23.7 Å². The Kier molecular flexibility index (Phi) is 6.81. The first-order chi connectivity index (χ1) is 11.2. The number of benzene rings is 1. The van der Waals surface area contributed by atoms with Crippen LogP contribution in [0.1, 0.15) is 25.8 Å². The highest BCUT2D eigenvalue weighted by Crippen LogP contribution is 2.13. The molecule has 0 saturated heterocycles. The predicted octanol–water partition coefficient (Wildman–Crippen LogP) is 3.19. The Hall–Kier alpha value is -2.14. The Morgan fingerprint density at radius 1 is 1.26 bits per heavy atom. The average Bonchev–Trinajstić information content (AvgIpc) is 2.60. The largest absolute Gasteiger partial charge is 0.445 e. The molecule has 0 fully saturated rings. The van der Waals surface area contributed by atoms with Crippen LogP contribution in [-0.4, -0.2) is 42.2 Å². The van der Waals surface area contributed by atoms with Crippen molar-refractivity contribution in [2.24, 2.45) is 0 Å². The maximum Gasteiger partial charge on any atom is 0.407 e. The molecule has 124 valence electrons. The third-order valence-corrected chi connectivity index (χ3v) is 3.83. The van der Waals surface area contributed by atoms with Crippen molar-refractivity contribution in [1.82, 2.24) is 15.2 Å². The van der Waals surface area contributed by atoms with E-state index in [9.17, 15) is 4.79 Å². The molecule has 0 spiro atoms. The van der Waals surface area contributed by atoms with E-state index in [1.807, 2.05) is 30.3 Å². The van der Waals surface area contributed by atoms with Crippen molar-refractivity contribution in [2.45, 2.75) is 26.9 Å². The van der Waals surface area contributed by atoms with E-state index in [-0.39, 0.29) is 12.7 Å². The molecule has 0 aliphatic rings. The number of alkyl carbamates (subject to hydrolysis) is 1. The number of rotatable bonds is 8. The summed E-state index contributed by atoms with van der Waals surface area (Å²) in [5.74, 6) is 0. The van der Waals surface area contributed by atoms with Gasteiger partial charge >= 0.3 is 6.09 Å². The van der Waals surface area contributed by atoms with E-state index in [2.05, 4.69) is 29.0 Å². The van der Waals surface area contributed by atoms with Gasteiger partial charge in [-0.3, -0.25) is 4.98 Å². The van der Waals surface area contributed by atoms with Crippen molar-refractivity contribution < 1.29 is 9.53 Å². The van der Waals surface area contributed by atoms with Crippen LogP contribution in [0.3, 0.4) is 0 Å². The van der Waals surface area contributed by atoms with Crippen LogP contribution in [0, 0.1) is 0 Å². The van der Waals surface area contributed by atoms with Crippen molar-refractivity contribution in [2.75, 3.05) is 26.2 Å². The Balaban J connectivity index is 1.71. The molecule has 0 aliphatic heterocycles. The molecule has 0 unspecified atom stereocenters. The molecular formula is C18H25N3O2. The summed E-state index contributed by atoms with van der Waals surface area (Å²) < 4.78 is 5.23. The number of aromatic nitrogens is 1. The van der Waals surface area contributed by atoms with Crippen molar-refractivity contribution >= 4 is 17.0 Å². The SMILES string of the molecule is CCN(CC)CCCNC(=O)OCc1cnc2ccccc2c1. The molecule has 5 heteroatoms. The van der Waals surface area contributed by atoms with Gasteiger partial charge in [-0.05, 0) is 38.2 Å². The molecule has 1 N–H and O–H groups in total. The number of nitrogens with zero attached hydrogens (tertiary/aromatic N) is 2. The molecule has 0 saturated carbocycles. The quantitative estimate of drug-likeness (QED) is 0.760. The van der Waals surface area contributed by atoms with Gasteiger partial charge < -0.3 is 15.0 Å². The highest BCUT2D eigenvalue weighted by molar-refractivity contribution is 5.78. The van der Waals surface area contributed by atoms with Crippen LogP contribution >= 0.6 is 0 Å². The van der Waals surface area contributed by atoms with E-state index in [1.54, 1.807) is 6.20 Å². The second kappa shape index (κ2) is 9.10. The molecule has 0 bridgehead atoms. The minimum Gasteiger partial charge on any atom is -0.445 e. The zero-order valence-corrected chi connectivity index (χ0v) is 13.9. The first-order valence-electron chi connectivity index (χ1n) is 8.19. The van der Waals surface area contributed by atoms with Gasteiger partial charge in [0.2, 0.25) is 0 Å². The van der Waals surface area contributed by atoms with E-state index in [4.69, 9.17) is 4.74 Å².